The minimum absolute atomic E-state index is 0.241. The molecule has 1 amide bonds. The molecule has 0 aliphatic rings. The van der Waals surface area contributed by atoms with Gasteiger partial charge in [0, 0.05) is 30.0 Å². The van der Waals surface area contributed by atoms with E-state index in [2.05, 4.69) is 15.0 Å². The molecule has 0 unspecified atom stereocenters. The monoisotopic (exact) mass is 274 g/mol. The summed E-state index contributed by atoms with van der Waals surface area (Å²) in [6, 6.07) is -0.595. The van der Waals surface area contributed by atoms with Gasteiger partial charge in [-0.2, -0.15) is 11.8 Å². The van der Waals surface area contributed by atoms with Gasteiger partial charge in [-0.1, -0.05) is 0 Å². The minimum Gasteiger partial charge on any atom is -0.467 e. The van der Waals surface area contributed by atoms with E-state index in [0.717, 1.165) is 10.8 Å². The number of ether oxygens (including phenoxy) is 1. The Balaban J connectivity index is 2.38. The van der Waals surface area contributed by atoms with Crippen LogP contribution in [0.2, 0.25) is 0 Å². The number of nitrogens with zero attached hydrogens (tertiary/aromatic N) is 1. The Morgan fingerprint density at radius 3 is 2.94 bits per heavy atom. The number of carbonyl (C=O) groups excluding carboxylic acids is 2. The molecule has 1 aromatic heterocycles. The first-order valence-electron chi connectivity index (χ1n) is 4.94. The highest BCUT2D eigenvalue weighted by molar-refractivity contribution is 7.98. The lowest BCUT2D eigenvalue weighted by Gasteiger charge is -2.14. The molecule has 0 saturated carbocycles. The summed E-state index contributed by atoms with van der Waals surface area (Å²) in [5, 5.41) is 5.46. The maximum absolute atomic E-state index is 11.4. The van der Waals surface area contributed by atoms with Gasteiger partial charge in [-0.25, -0.2) is 9.78 Å². The molecule has 7 heteroatoms. The van der Waals surface area contributed by atoms with E-state index in [1.54, 1.807) is 17.5 Å². The Morgan fingerprint density at radius 2 is 2.41 bits per heavy atom. The summed E-state index contributed by atoms with van der Waals surface area (Å²) in [5.41, 5.74) is 0. The van der Waals surface area contributed by atoms with Crippen molar-refractivity contribution in [3.05, 3.63) is 16.6 Å². The number of rotatable bonds is 6. The Hall–Kier alpha value is -1.08. The Kier molecular flexibility index (Phi) is 5.99. The maximum Gasteiger partial charge on any atom is 0.329 e. The fourth-order valence-corrected chi connectivity index (χ4v) is 2.89. The number of amides is 1. The zero-order valence-corrected chi connectivity index (χ0v) is 11.3. The van der Waals surface area contributed by atoms with Crippen LogP contribution in [0, 0.1) is 0 Å². The summed E-state index contributed by atoms with van der Waals surface area (Å²) in [6.45, 7) is 1.38. The van der Waals surface area contributed by atoms with E-state index in [1.807, 2.05) is 5.38 Å². The van der Waals surface area contributed by atoms with Gasteiger partial charge >= 0.3 is 5.97 Å². The number of hydrogen-bond acceptors (Lipinski definition) is 6. The van der Waals surface area contributed by atoms with E-state index in [1.165, 1.54) is 25.8 Å². The lowest BCUT2D eigenvalue weighted by atomic mass is 10.3. The first kappa shape index (κ1) is 14.0. The van der Waals surface area contributed by atoms with Crippen LogP contribution in [0.4, 0.5) is 0 Å². The number of thioether (sulfide) groups is 1. The zero-order valence-electron chi connectivity index (χ0n) is 9.63. The molecule has 0 fully saturated rings. The second kappa shape index (κ2) is 7.29. The van der Waals surface area contributed by atoms with Crippen molar-refractivity contribution in [2.24, 2.45) is 0 Å². The van der Waals surface area contributed by atoms with E-state index in [4.69, 9.17) is 0 Å². The molecule has 94 valence electrons. The van der Waals surface area contributed by atoms with Gasteiger partial charge in [-0.15, -0.1) is 11.3 Å². The van der Waals surface area contributed by atoms with Crippen molar-refractivity contribution in [3.63, 3.8) is 0 Å². The van der Waals surface area contributed by atoms with Gasteiger partial charge < -0.3 is 10.1 Å². The minimum atomic E-state index is -0.595. The van der Waals surface area contributed by atoms with Crippen molar-refractivity contribution in [2.75, 3.05) is 12.9 Å². The number of methoxy groups -OCH3 is 1. The molecule has 1 aromatic rings. The molecule has 17 heavy (non-hydrogen) atoms. The summed E-state index contributed by atoms with van der Waals surface area (Å²) < 4.78 is 4.62. The summed E-state index contributed by atoms with van der Waals surface area (Å²) in [6.07, 6.45) is 1.74. The number of hydrogen-bond donors (Lipinski definition) is 1. The molecule has 1 atom stereocenters. The zero-order chi connectivity index (χ0) is 12.7. The first-order chi connectivity index (χ1) is 8.13. The predicted molar refractivity (Wildman–Crippen MR) is 67.9 cm³/mol. The molecule has 0 saturated heterocycles. The van der Waals surface area contributed by atoms with E-state index in [0.29, 0.717) is 5.75 Å². The van der Waals surface area contributed by atoms with Gasteiger partial charge in [0.2, 0.25) is 5.91 Å². The molecule has 0 aliphatic heterocycles. The highest BCUT2D eigenvalue weighted by Crippen LogP contribution is 2.15. The Labute approximate surface area is 108 Å². The number of nitrogens with one attached hydrogen (secondary N) is 1. The van der Waals surface area contributed by atoms with Crippen molar-refractivity contribution < 1.29 is 14.3 Å². The normalized spacial score (nSPS) is 11.9. The standard InChI is InChI=1S/C10H14N2O3S2/c1-7(13)12-8(10(14)15-2)5-16-6-9-11-3-4-17-9/h3-4,8H,5-6H2,1-2H3,(H,12,13)/t8-/m0/s1. The fraction of sp³-hybridized carbons (Fsp3) is 0.500. The molecule has 0 radical (unpaired) electrons. The van der Waals surface area contributed by atoms with Gasteiger partial charge in [0.05, 0.1) is 7.11 Å². The first-order valence-corrected chi connectivity index (χ1v) is 6.98. The largest absolute Gasteiger partial charge is 0.467 e. The summed E-state index contributed by atoms with van der Waals surface area (Å²) in [4.78, 5) is 26.4. The molecule has 0 bridgehead atoms. The van der Waals surface area contributed by atoms with Crippen LogP contribution in [0.1, 0.15) is 11.9 Å². The molecule has 0 aromatic carbocycles. The van der Waals surface area contributed by atoms with Crippen LogP contribution in [0.3, 0.4) is 0 Å². The Bertz CT molecular complexity index is 368. The van der Waals surface area contributed by atoms with Crippen molar-refractivity contribution in [2.45, 2.75) is 18.7 Å². The van der Waals surface area contributed by atoms with Crippen LogP contribution in [0.25, 0.3) is 0 Å². The van der Waals surface area contributed by atoms with E-state index in [9.17, 15) is 9.59 Å². The van der Waals surface area contributed by atoms with Crippen LogP contribution in [0.5, 0.6) is 0 Å². The lowest BCUT2D eigenvalue weighted by molar-refractivity contribution is -0.144. The number of carbonyl (C=O) groups is 2. The van der Waals surface area contributed by atoms with Crippen LogP contribution < -0.4 is 5.32 Å². The third kappa shape index (κ3) is 5.18. The molecule has 0 spiro atoms. The maximum atomic E-state index is 11.4. The molecule has 0 aliphatic carbocycles. The van der Waals surface area contributed by atoms with Gasteiger partial charge in [-0.3, -0.25) is 4.79 Å². The Morgan fingerprint density at radius 1 is 1.65 bits per heavy atom. The predicted octanol–water partition coefficient (Wildman–Crippen LogP) is 1.05. The molecular formula is C10H14N2O3S2. The van der Waals surface area contributed by atoms with Gasteiger partial charge in [-0.05, 0) is 0 Å². The van der Waals surface area contributed by atoms with Crippen LogP contribution in [0.15, 0.2) is 11.6 Å². The molecule has 5 nitrogen and oxygen atoms in total. The molecule has 1 N–H and O–H groups in total. The van der Waals surface area contributed by atoms with Gasteiger partial charge in [0.25, 0.3) is 0 Å². The van der Waals surface area contributed by atoms with Crippen LogP contribution in [-0.4, -0.2) is 35.8 Å². The quantitative estimate of drug-likeness (QED) is 0.785. The van der Waals surface area contributed by atoms with Gasteiger partial charge in [0.1, 0.15) is 11.0 Å². The third-order valence-electron chi connectivity index (χ3n) is 1.86. The molecule has 1 rings (SSSR count). The average molecular weight is 274 g/mol. The number of aromatic nitrogens is 1. The van der Waals surface area contributed by atoms with E-state index >= 15 is 0 Å². The van der Waals surface area contributed by atoms with Crippen LogP contribution in [-0.2, 0) is 20.1 Å². The van der Waals surface area contributed by atoms with Crippen molar-refractivity contribution in [1.82, 2.24) is 10.3 Å². The highest BCUT2D eigenvalue weighted by Gasteiger charge is 2.19. The van der Waals surface area contributed by atoms with Crippen molar-refractivity contribution in [3.8, 4) is 0 Å². The van der Waals surface area contributed by atoms with E-state index in [-0.39, 0.29) is 5.91 Å². The van der Waals surface area contributed by atoms with Crippen molar-refractivity contribution >= 4 is 35.0 Å². The number of esters is 1. The van der Waals surface area contributed by atoms with Crippen LogP contribution >= 0.6 is 23.1 Å². The summed E-state index contributed by atoms with van der Waals surface area (Å²) >= 11 is 3.10. The lowest BCUT2D eigenvalue weighted by Crippen LogP contribution is -2.42. The summed E-state index contributed by atoms with van der Waals surface area (Å²) in [7, 11) is 1.31. The highest BCUT2D eigenvalue weighted by atomic mass is 32.2. The fourth-order valence-electron chi connectivity index (χ4n) is 1.14. The third-order valence-corrected chi connectivity index (χ3v) is 3.87. The topological polar surface area (TPSA) is 68.3 Å². The van der Waals surface area contributed by atoms with Crippen molar-refractivity contribution in [1.29, 1.82) is 0 Å². The second-order valence-corrected chi connectivity index (χ2v) is 5.23. The smallest absolute Gasteiger partial charge is 0.329 e. The SMILES string of the molecule is COC(=O)[C@H](CSCc1nccs1)NC(C)=O. The molecular weight excluding hydrogens is 260 g/mol. The summed E-state index contributed by atoms with van der Waals surface area (Å²) in [5.74, 6) is 0.540. The average Bonchev–Trinajstić information content (AvgIpc) is 2.79. The molecule has 1 heterocycles. The number of thiazole rings is 1. The van der Waals surface area contributed by atoms with Gasteiger partial charge in [0.15, 0.2) is 0 Å². The van der Waals surface area contributed by atoms with E-state index < -0.39 is 12.0 Å². The second-order valence-electron chi connectivity index (χ2n) is 3.22.